The molecule has 1 fully saturated rings. The van der Waals surface area contributed by atoms with Crippen LogP contribution in [0.15, 0.2) is 15.8 Å². The molecule has 1 saturated carbocycles. The number of hydrogen-bond acceptors (Lipinski definition) is 5. The number of aryl methyl sites for hydroxylation is 2. The fraction of sp³-hybridized carbons (Fsp3) is 0.636. The SMILES string of the molecule is COC(=O)CCn1c(=O)c2c(nc3n([C@@H]4C[C@H](C)CC(C)(C)C4)c(C)cn23)n(C)c1=O. The first-order chi connectivity index (χ1) is 14.5. The standard InChI is InChI=1S/C22H31N5O4/c1-13-9-15(11-22(3,4)10-13)27-14(2)12-26-17-18(23-20(26)27)24(5)21(30)25(19(17)29)8-7-16(28)31-6/h12-13,15H,7-11H2,1-6H3/t13-,15+/m0/s1. The molecule has 0 radical (unpaired) electrons. The van der Waals surface area contributed by atoms with E-state index in [0.717, 1.165) is 23.1 Å². The first kappa shape index (κ1) is 21.4. The maximum atomic E-state index is 13.3. The molecule has 0 aliphatic heterocycles. The Labute approximate surface area is 180 Å². The van der Waals surface area contributed by atoms with E-state index < -0.39 is 17.2 Å². The van der Waals surface area contributed by atoms with Crippen molar-refractivity contribution < 1.29 is 9.53 Å². The topological polar surface area (TPSA) is 92.5 Å². The molecular weight excluding hydrogens is 398 g/mol. The molecule has 31 heavy (non-hydrogen) atoms. The van der Waals surface area contributed by atoms with Gasteiger partial charge >= 0.3 is 11.7 Å². The molecule has 2 atom stereocenters. The minimum atomic E-state index is -0.488. The monoisotopic (exact) mass is 429 g/mol. The minimum absolute atomic E-state index is 0.0324. The molecule has 0 bridgehead atoms. The highest BCUT2D eigenvalue weighted by atomic mass is 16.5. The second-order valence-electron chi connectivity index (χ2n) is 9.79. The van der Waals surface area contributed by atoms with Crippen molar-refractivity contribution >= 4 is 22.9 Å². The Morgan fingerprint density at radius 2 is 2.00 bits per heavy atom. The lowest BCUT2D eigenvalue weighted by Crippen LogP contribution is -2.39. The van der Waals surface area contributed by atoms with Gasteiger partial charge in [0.25, 0.3) is 5.56 Å². The third-order valence-electron chi connectivity index (χ3n) is 6.56. The minimum Gasteiger partial charge on any atom is -0.469 e. The van der Waals surface area contributed by atoms with Crippen LogP contribution in [0.2, 0.25) is 0 Å². The summed E-state index contributed by atoms with van der Waals surface area (Å²) in [6, 6.07) is 0.284. The maximum Gasteiger partial charge on any atom is 0.332 e. The fourth-order valence-electron chi connectivity index (χ4n) is 5.47. The Morgan fingerprint density at radius 3 is 2.65 bits per heavy atom. The highest BCUT2D eigenvalue weighted by molar-refractivity contribution is 5.76. The Hall–Kier alpha value is -2.84. The number of nitrogens with zero attached hydrogens (tertiary/aromatic N) is 5. The van der Waals surface area contributed by atoms with Crippen LogP contribution < -0.4 is 11.2 Å². The number of carbonyl (C=O) groups is 1. The lowest BCUT2D eigenvalue weighted by molar-refractivity contribution is -0.140. The van der Waals surface area contributed by atoms with Gasteiger partial charge in [-0.3, -0.25) is 23.1 Å². The van der Waals surface area contributed by atoms with Crippen LogP contribution in [0.5, 0.6) is 0 Å². The second-order valence-corrected chi connectivity index (χ2v) is 9.79. The van der Waals surface area contributed by atoms with Crippen LogP contribution >= 0.6 is 0 Å². The summed E-state index contributed by atoms with van der Waals surface area (Å²) < 4.78 is 11.1. The molecule has 1 aliphatic carbocycles. The Bertz CT molecular complexity index is 1290. The summed E-state index contributed by atoms with van der Waals surface area (Å²) in [5, 5.41) is 0. The number of aromatic nitrogens is 5. The number of esters is 1. The summed E-state index contributed by atoms with van der Waals surface area (Å²) in [5.41, 5.74) is 1.05. The van der Waals surface area contributed by atoms with Gasteiger partial charge in [-0.15, -0.1) is 0 Å². The molecule has 0 aromatic carbocycles. The van der Waals surface area contributed by atoms with Crippen LogP contribution in [0.25, 0.3) is 16.9 Å². The molecule has 9 heteroatoms. The molecule has 3 aromatic rings. The molecule has 4 rings (SSSR count). The smallest absolute Gasteiger partial charge is 0.332 e. The van der Waals surface area contributed by atoms with E-state index in [1.807, 2.05) is 13.1 Å². The van der Waals surface area contributed by atoms with Gasteiger partial charge in [0.05, 0.1) is 13.5 Å². The van der Waals surface area contributed by atoms with E-state index in [1.54, 1.807) is 11.4 Å². The van der Waals surface area contributed by atoms with Crippen molar-refractivity contribution in [3.63, 3.8) is 0 Å². The van der Waals surface area contributed by atoms with Crippen LogP contribution in [0.3, 0.4) is 0 Å². The molecule has 0 saturated heterocycles. The van der Waals surface area contributed by atoms with Crippen LogP contribution in [0.1, 0.15) is 58.2 Å². The number of carbonyl (C=O) groups excluding carboxylic acids is 1. The predicted molar refractivity (Wildman–Crippen MR) is 117 cm³/mol. The highest BCUT2D eigenvalue weighted by Gasteiger charge is 2.34. The number of rotatable bonds is 4. The molecule has 1 aliphatic rings. The largest absolute Gasteiger partial charge is 0.469 e. The molecular formula is C22H31N5O4. The Balaban J connectivity index is 1.91. The van der Waals surface area contributed by atoms with Crippen LogP contribution in [0, 0.1) is 18.3 Å². The zero-order valence-electron chi connectivity index (χ0n) is 19.1. The number of hydrogen-bond donors (Lipinski definition) is 0. The van der Waals surface area contributed by atoms with Gasteiger partial charge in [-0.2, -0.15) is 4.98 Å². The fourth-order valence-corrected chi connectivity index (χ4v) is 5.47. The van der Waals surface area contributed by atoms with E-state index in [2.05, 4.69) is 30.1 Å². The first-order valence-electron chi connectivity index (χ1n) is 10.8. The van der Waals surface area contributed by atoms with Crippen molar-refractivity contribution in [2.45, 2.75) is 66.0 Å². The number of methoxy groups -OCH3 is 1. The zero-order valence-corrected chi connectivity index (χ0v) is 19.1. The molecule has 9 nitrogen and oxygen atoms in total. The van der Waals surface area contributed by atoms with Gasteiger partial charge in [-0.25, -0.2) is 4.79 Å². The summed E-state index contributed by atoms with van der Waals surface area (Å²) in [6.45, 7) is 8.89. The third-order valence-corrected chi connectivity index (χ3v) is 6.56. The zero-order chi connectivity index (χ0) is 22.7. The van der Waals surface area contributed by atoms with Crippen molar-refractivity contribution in [2.75, 3.05) is 7.11 Å². The van der Waals surface area contributed by atoms with Gasteiger partial charge in [-0.05, 0) is 37.5 Å². The van der Waals surface area contributed by atoms with Gasteiger partial charge in [0.1, 0.15) is 0 Å². The van der Waals surface area contributed by atoms with Gasteiger partial charge in [0, 0.05) is 31.5 Å². The van der Waals surface area contributed by atoms with Crippen molar-refractivity contribution in [3.05, 3.63) is 32.7 Å². The lowest BCUT2D eigenvalue weighted by atomic mass is 9.70. The first-order valence-corrected chi connectivity index (χ1v) is 10.8. The van der Waals surface area contributed by atoms with Gasteiger partial charge in [-0.1, -0.05) is 20.8 Å². The molecule has 0 N–H and O–H groups in total. The van der Waals surface area contributed by atoms with Gasteiger partial charge in [0.15, 0.2) is 11.2 Å². The van der Waals surface area contributed by atoms with Crippen molar-refractivity contribution in [3.8, 4) is 0 Å². The van der Waals surface area contributed by atoms with Crippen molar-refractivity contribution in [2.24, 2.45) is 18.4 Å². The normalized spacial score (nSPS) is 21.1. The highest BCUT2D eigenvalue weighted by Crippen LogP contribution is 2.44. The van der Waals surface area contributed by atoms with Crippen LogP contribution in [0.4, 0.5) is 0 Å². The third kappa shape index (κ3) is 3.49. The number of ether oxygens (including phenoxy) is 1. The van der Waals surface area contributed by atoms with E-state index in [4.69, 9.17) is 4.98 Å². The van der Waals surface area contributed by atoms with Crippen LogP contribution in [-0.2, 0) is 23.1 Å². The quantitative estimate of drug-likeness (QED) is 0.594. The molecule has 0 spiro atoms. The average Bonchev–Trinajstić information content (AvgIpc) is 3.18. The second kappa shape index (κ2) is 7.39. The Kier molecular flexibility index (Phi) is 5.10. The molecule has 0 unspecified atom stereocenters. The van der Waals surface area contributed by atoms with Crippen molar-refractivity contribution in [1.29, 1.82) is 0 Å². The molecule has 3 aromatic heterocycles. The van der Waals surface area contributed by atoms with Gasteiger partial charge < -0.3 is 9.30 Å². The van der Waals surface area contributed by atoms with E-state index in [1.165, 1.54) is 18.1 Å². The van der Waals surface area contributed by atoms with E-state index in [-0.39, 0.29) is 24.4 Å². The van der Waals surface area contributed by atoms with Crippen LogP contribution in [-0.4, -0.2) is 36.2 Å². The van der Waals surface area contributed by atoms with E-state index in [9.17, 15) is 14.4 Å². The maximum absolute atomic E-state index is 13.3. The average molecular weight is 430 g/mol. The lowest BCUT2D eigenvalue weighted by Gasteiger charge is -2.39. The summed E-state index contributed by atoms with van der Waals surface area (Å²) in [7, 11) is 2.89. The van der Waals surface area contributed by atoms with E-state index >= 15 is 0 Å². The summed E-state index contributed by atoms with van der Waals surface area (Å²) in [4.78, 5) is 42.4. The predicted octanol–water partition coefficient (Wildman–Crippen LogP) is 2.41. The number of fused-ring (bicyclic) bond motifs is 3. The summed E-state index contributed by atoms with van der Waals surface area (Å²) in [5.74, 6) is 0.809. The van der Waals surface area contributed by atoms with E-state index in [0.29, 0.717) is 22.9 Å². The van der Waals surface area contributed by atoms with Gasteiger partial charge in [0.2, 0.25) is 5.78 Å². The molecule has 0 amide bonds. The Morgan fingerprint density at radius 1 is 1.29 bits per heavy atom. The summed E-state index contributed by atoms with van der Waals surface area (Å²) in [6.07, 6.45) is 5.16. The molecule has 168 valence electrons. The molecule has 3 heterocycles. The summed E-state index contributed by atoms with van der Waals surface area (Å²) >= 11 is 0. The van der Waals surface area contributed by atoms with Crippen molar-refractivity contribution in [1.82, 2.24) is 23.1 Å². The number of imidazole rings is 2.